The summed E-state index contributed by atoms with van der Waals surface area (Å²) >= 11 is 0. The molecule has 1 aromatic carbocycles. The van der Waals surface area contributed by atoms with Crippen molar-refractivity contribution in [3.05, 3.63) is 55.0 Å². The Morgan fingerprint density at radius 3 is 2.73 bits per heavy atom. The molecular formula is C28H30N8O. The number of hydrogen-bond acceptors (Lipinski definition) is 6. The van der Waals surface area contributed by atoms with E-state index in [9.17, 15) is 4.79 Å². The predicted octanol–water partition coefficient (Wildman–Crippen LogP) is 4.66. The third kappa shape index (κ3) is 4.65. The Morgan fingerprint density at radius 1 is 1.03 bits per heavy atom. The molecule has 0 spiro atoms. The molecule has 188 valence electrons. The zero-order chi connectivity index (χ0) is 25.4. The lowest BCUT2D eigenvalue weighted by Crippen LogP contribution is -2.29. The Hall–Kier alpha value is -4.24. The van der Waals surface area contributed by atoms with E-state index in [0.717, 1.165) is 52.2 Å². The van der Waals surface area contributed by atoms with E-state index in [1.807, 2.05) is 31.1 Å². The highest BCUT2D eigenvalue weighted by molar-refractivity contribution is 6.00. The van der Waals surface area contributed by atoms with Gasteiger partial charge in [0.1, 0.15) is 5.69 Å². The van der Waals surface area contributed by atoms with Crippen LogP contribution in [0.4, 0.5) is 11.4 Å². The molecule has 0 bridgehead atoms. The van der Waals surface area contributed by atoms with Crippen molar-refractivity contribution in [2.24, 2.45) is 0 Å². The molecule has 9 heteroatoms. The summed E-state index contributed by atoms with van der Waals surface area (Å²) in [4.78, 5) is 29.0. The van der Waals surface area contributed by atoms with Crippen LogP contribution in [0.15, 0.2) is 55.0 Å². The molecule has 0 unspecified atom stereocenters. The largest absolute Gasteiger partial charge is 0.371 e. The number of H-pyrrole nitrogens is 2. The Bertz CT molecular complexity index is 1580. The number of pyridine rings is 2. The fourth-order valence-corrected chi connectivity index (χ4v) is 5.09. The topological polar surface area (TPSA) is 106 Å². The van der Waals surface area contributed by atoms with Gasteiger partial charge in [0.2, 0.25) is 5.91 Å². The van der Waals surface area contributed by atoms with Gasteiger partial charge in [0.25, 0.3) is 0 Å². The minimum Gasteiger partial charge on any atom is -0.371 e. The highest BCUT2D eigenvalue weighted by Gasteiger charge is 2.18. The standard InChI is InChI=1S/C28H30N8O/c1-35(2)17-27(37)31-19-11-18(14-29-15-19)23-13-21-25(16-30-23)33-34-28(21)24-12-20-22(32-24)7-6-8-26(20)36-9-4-3-5-10-36/h6-8,11-16,32H,3-5,9-10,17H2,1-2H3,(H,31,37)(H,33,34). The summed E-state index contributed by atoms with van der Waals surface area (Å²) in [5.41, 5.74) is 7.28. The molecule has 1 fully saturated rings. The van der Waals surface area contributed by atoms with Crippen LogP contribution in [-0.2, 0) is 4.79 Å². The lowest BCUT2D eigenvalue weighted by atomic mass is 10.1. The summed E-state index contributed by atoms with van der Waals surface area (Å²) in [5.74, 6) is -0.0905. The summed E-state index contributed by atoms with van der Waals surface area (Å²) in [6, 6.07) is 12.6. The molecule has 5 heterocycles. The Kier molecular flexibility index (Phi) is 6.05. The number of anilines is 2. The molecule has 5 aromatic rings. The SMILES string of the molecule is CN(C)CC(=O)Nc1cncc(-c2cc3c(-c4cc5c(N6CCCCC6)cccc5[nH]4)n[nH]c3cn2)c1. The molecule has 1 aliphatic rings. The smallest absolute Gasteiger partial charge is 0.238 e. The number of carbonyl (C=O) groups is 1. The van der Waals surface area contributed by atoms with Crippen LogP contribution in [0.1, 0.15) is 19.3 Å². The van der Waals surface area contributed by atoms with Gasteiger partial charge in [-0.1, -0.05) is 6.07 Å². The summed E-state index contributed by atoms with van der Waals surface area (Å²) < 4.78 is 0. The molecule has 9 nitrogen and oxygen atoms in total. The predicted molar refractivity (Wildman–Crippen MR) is 148 cm³/mol. The van der Waals surface area contributed by atoms with Gasteiger partial charge in [-0.25, -0.2) is 0 Å². The summed E-state index contributed by atoms with van der Waals surface area (Å²) in [5, 5.41) is 12.8. The molecule has 3 N–H and O–H groups in total. The number of hydrogen-bond donors (Lipinski definition) is 3. The second kappa shape index (κ2) is 9.67. The fraction of sp³-hybridized carbons (Fsp3) is 0.286. The van der Waals surface area contributed by atoms with E-state index in [2.05, 4.69) is 59.6 Å². The highest BCUT2D eigenvalue weighted by Crippen LogP contribution is 2.35. The van der Waals surface area contributed by atoms with E-state index in [1.54, 1.807) is 18.6 Å². The van der Waals surface area contributed by atoms with Gasteiger partial charge in [0, 0.05) is 46.8 Å². The van der Waals surface area contributed by atoms with Crippen molar-refractivity contribution in [1.82, 2.24) is 30.0 Å². The number of likely N-dealkylation sites (N-methyl/N-ethyl adjacent to an activating group) is 1. The number of nitrogens with one attached hydrogen (secondary N) is 3. The molecule has 0 saturated carbocycles. The van der Waals surface area contributed by atoms with Gasteiger partial charge in [0.05, 0.1) is 41.5 Å². The first-order chi connectivity index (χ1) is 18.0. The van der Waals surface area contributed by atoms with Crippen LogP contribution in [0.2, 0.25) is 0 Å². The number of aromatic amines is 2. The van der Waals surface area contributed by atoms with Crippen molar-refractivity contribution >= 4 is 39.1 Å². The number of aromatic nitrogens is 5. The average molecular weight is 495 g/mol. The summed E-state index contributed by atoms with van der Waals surface area (Å²) in [6.07, 6.45) is 8.97. The van der Waals surface area contributed by atoms with Crippen LogP contribution in [0.3, 0.4) is 0 Å². The average Bonchev–Trinajstić information content (AvgIpc) is 3.52. The second-order valence-corrected chi connectivity index (χ2v) is 9.90. The van der Waals surface area contributed by atoms with Crippen LogP contribution >= 0.6 is 0 Å². The van der Waals surface area contributed by atoms with Crippen LogP contribution in [0.25, 0.3) is 44.5 Å². The number of amides is 1. The van der Waals surface area contributed by atoms with E-state index in [1.165, 1.54) is 30.3 Å². The highest BCUT2D eigenvalue weighted by atomic mass is 16.2. The number of piperidine rings is 1. The molecular weight excluding hydrogens is 464 g/mol. The van der Waals surface area contributed by atoms with Crippen LogP contribution in [-0.4, -0.2) is 69.7 Å². The second-order valence-electron chi connectivity index (χ2n) is 9.90. The Balaban J connectivity index is 1.35. The lowest BCUT2D eigenvalue weighted by molar-refractivity contribution is -0.116. The van der Waals surface area contributed by atoms with Gasteiger partial charge in [0.15, 0.2) is 0 Å². The Labute approximate surface area is 214 Å². The molecule has 1 amide bonds. The molecule has 1 saturated heterocycles. The quantitative estimate of drug-likeness (QED) is 0.317. The van der Waals surface area contributed by atoms with E-state index < -0.39 is 0 Å². The number of rotatable bonds is 6. The van der Waals surface area contributed by atoms with Crippen LogP contribution in [0.5, 0.6) is 0 Å². The molecule has 0 radical (unpaired) electrons. The number of fused-ring (bicyclic) bond motifs is 2. The third-order valence-corrected chi connectivity index (χ3v) is 6.82. The van der Waals surface area contributed by atoms with Crippen molar-refractivity contribution < 1.29 is 4.79 Å². The summed E-state index contributed by atoms with van der Waals surface area (Å²) in [6.45, 7) is 2.50. The van der Waals surface area contributed by atoms with Crippen molar-refractivity contribution in [3.63, 3.8) is 0 Å². The maximum absolute atomic E-state index is 12.2. The van der Waals surface area contributed by atoms with Gasteiger partial charge in [-0.05, 0) is 63.7 Å². The first kappa shape index (κ1) is 23.2. The number of benzene rings is 1. The zero-order valence-electron chi connectivity index (χ0n) is 21.1. The molecule has 6 rings (SSSR count). The lowest BCUT2D eigenvalue weighted by Gasteiger charge is -2.29. The maximum Gasteiger partial charge on any atom is 0.238 e. The van der Waals surface area contributed by atoms with E-state index in [4.69, 9.17) is 0 Å². The number of carbonyl (C=O) groups excluding carboxylic acids is 1. The molecule has 0 aliphatic carbocycles. The molecule has 1 aliphatic heterocycles. The van der Waals surface area contributed by atoms with Crippen LogP contribution < -0.4 is 10.2 Å². The first-order valence-corrected chi connectivity index (χ1v) is 12.7. The summed E-state index contributed by atoms with van der Waals surface area (Å²) in [7, 11) is 3.72. The Morgan fingerprint density at radius 2 is 1.89 bits per heavy atom. The molecule has 37 heavy (non-hydrogen) atoms. The van der Waals surface area contributed by atoms with Crippen molar-refractivity contribution in [2.75, 3.05) is 43.9 Å². The van der Waals surface area contributed by atoms with Gasteiger partial charge >= 0.3 is 0 Å². The van der Waals surface area contributed by atoms with Gasteiger partial charge < -0.3 is 20.1 Å². The molecule has 0 atom stereocenters. The fourth-order valence-electron chi connectivity index (χ4n) is 5.09. The van der Waals surface area contributed by atoms with Crippen molar-refractivity contribution in [3.8, 4) is 22.6 Å². The normalized spacial score (nSPS) is 14.1. The minimum absolute atomic E-state index is 0.0905. The van der Waals surface area contributed by atoms with E-state index >= 15 is 0 Å². The monoisotopic (exact) mass is 494 g/mol. The van der Waals surface area contributed by atoms with Crippen LogP contribution in [0, 0.1) is 0 Å². The number of nitrogens with zero attached hydrogens (tertiary/aromatic N) is 5. The van der Waals surface area contributed by atoms with E-state index in [-0.39, 0.29) is 5.91 Å². The minimum atomic E-state index is -0.0905. The maximum atomic E-state index is 12.2. The van der Waals surface area contributed by atoms with Gasteiger partial charge in [-0.3, -0.25) is 19.9 Å². The third-order valence-electron chi connectivity index (χ3n) is 6.82. The zero-order valence-corrected chi connectivity index (χ0v) is 21.1. The van der Waals surface area contributed by atoms with Gasteiger partial charge in [-0.2, -0.15) is 5.10 Å². The first-order valence-electron chi connectivity index (χ1n) is 12.7. The van der Waals surface area contributed by atoms with Crippen molar-refractivity contribution in [2.45, 2.75) is 19.3 Å². The van der Waals surface area contributed by atoms with E-state index in [0.29, 0.717) is 12.2 Å². The molecule has 4 aromatic heterocycles. The van der Waals surface area contributed by atoms with Crippen molar-refractivity contribution in [1.29, 1.82) is 0 Å². The van der Waals surface area contributed by atoms with Gasteiger partial charge in [-0.15, -0.1) is 0 Å².